The third-order valence-corrected chi connectivity index (χ3v) is 5.57. The van der Waals surface area contributed by atoms with Gasteiger partial charge in [0.05, 0.1) is 0 Å². The lowest BCUT2D eigenvalue weighted by Gasteiger charge is -2.15. The summed E-state index contributed by atoms with van der Waals surface area (Å²) in [5, 5.41) is 4.73. The van der Waals surface area contributed by atoms with E-state index in [1.807, 2.05) is 25.1 Å². The van der Waals surface area contributed by atoms with Gasteiger partial charge in [0.1, 0.15) is 16.8 Å². The third-order valence-electron chi connectivity index (χ3n) is 2.96. The highest BCUT2D eigenvalue weighted by Gasteiger charge is 2.15. The molecule has 0 unspecified atom stereocenters. The molecule has 0 aliphatic rings. The van der Waals surface area contributed by atoms with Crippen LogP contribution in [0.5, 0.6) is 0 Å². The third kappa shape index (κ3) is 4.94. The van der Waals surface area contributed by atoms with Crippen LogP contribution in [0.1, 0.15) is 17.0 Å². The molecule has 1 atom stereocenters. The number of nitrogens with zero attached hydrogens (tertiary/aromatic N) is 2. The molecule has 0 bridgehead atoms. The number of alkyl halides is 2. The van der Waals surface area contributed by atoms with Gasteiger partial charge in [0.25, 0.3) is 0 Å². The number of nitrogens with one attached hydrogen (secondary N) is 1. The molecule has 1 aromatic heterocycles. The molecular formula is C15H16Br2ClN3. The van der Waals surface area contributed by atoms with Gasteiger partial charge in [-0.25, -0.2) is 9.97 Å². The summed E-state index contributed by atoms with van der Waals surface area (Å²) >= 11 is 13.4. The van der Waals surface area contributed by atoms with Crippen molar-refractivity contribution in [3.8, 4) is 0 Å². The first-order valence-electron chi connectivity index (χ1n) is 6.61. The van der Waals surface area contributed by atoms with Gasteiger partial charge in [0.15, 0.2) is 0 Å². The second kappa shape index (κ2) is 8.11. The summed E-state index contributed by atoms with van der Waals surface area (Å²) in [5.41, 5.74) is 2.14. The van der Waals surface area contributed by atoms with Crippen LogP contribution in [0.25, 0.3) is 0 Å². The molecule has 1 aromatic carbocycles. The van der Waals surface area contributed by atoms with E-state index in [9.17, 15) is 0 Å². The average molecular weight is 434 g/mol. The lowest BCUT2D eigenvalue weighted by molar-refractivity contribution is 0.920. The molecule has 0 aliphatic carbocycles. The average Bonchev–Trinajstić information content (AvgIpc) is 2.49. The minimum absolute atomic E-state index is 0.290. The van der Waals surface area contributed by atoms with Crippen molar-refractivity contribution in [1.82, 2.24) is 9.97 Å². The maximum Gasteiger partial charge on any atom is 0.138 e. The number of rotatable bonds is 6. The number of halogens is 3. The summed E-state index contributed by atoms with van der Waals surface area (Å²) in [4.78, 5) is 9.04. The Labute approximate surface area is 146 Å². The van der Waals surface area contributed by atoms with E-state index in [0.29, 0.717) is 22.3 Å². The summed E-state index contributed by atoms with van der Waals surface area (Å²) in [7, 11) is 0. The summed E-state index contributed by atoms with van der Waals surface area (Å²) in [6.07, 6.45) is 0.765. The fraction of sp³-hybridized carbons (Fsp3) is 0.333. The Hall–Kier alpha value is -0.650. The zero-order valence-electron chi connectivity index (χ0n) is 11.6. The van der Waals surface area contributed by atoms with Crippen molar-refractivity contribution in [3.63, 3.8) is 0 Å². The highest BCUT2D eigenvalue weighted by atomic mass is 79.9. The van der Waals surface area contributed by atoms with Gasteiger partial charge in [-0.05, 0) is 18.9 Å². The Balaban J connectivity index is 2.20. The van der Waals surface area contributed by atoms with Gasteiger partial charge in [-0.3, -0.25) is 0 Å². The van der Waals surface area contributed by atoms with Crippen LogP contribution in [0.2, 0.25) is 5.15 Å². The fourth-order valence-corrected chi connectivity index (χ4v) is 2.79. The van der Waals surface area contributed by atoms with Crippen LogP contribution in [-0.2, 0) is 13.0 Å². The molecular weight excluding hydrogens is 417 g/mol. The second-order valence-electron chi connectivity index (χ2n) is 4.68. The van der Waals surface area contributed by atoms with Gasteiger partial charge in [-0.2, -0.15) is 0 Å². The number of benzene rings is 1. The van der Waals surface area contributed by atoms with Crippen LogP contribution >= 0.6 is 43.5 Å². The van der Waals surface area contributed by atoms with Crippen LogP contribution in [0.3, 0.4) is 0 Å². The summed E-state index contributed by atoms with van der Waals surface area (Å²) in [5.74, 6) is 1.48. The van der Waals surface area contributed by atoms with Crippen molar-refractivity contribution < 1.29 is 0 Å². The molecule has 0 saturated carbocycles. The largest absolute Gasteiger partial charge is 0.366 e. The highest BCUT2D eigenvalue weighted by molar-refractivity contribution is 9.12. The van der Waals surface area contributed by atoms with Gasteiger partial charge in [0.2, 0.25) is 0 Å². The monoisotopic (exact) mass is 431 g/mol. The zero-order valence-corrected chi connectivity index (χ0v) is 15.5. The van der Waals surface area contributed by atoms with E-state index in [1.165, 1.54) is 5.56 Å². The molecule has 21 heavy (non-hydrogen) atoms. The minimum Gasteiger partial charge on any atom is -0.366 e. The molecule has 0 saturated heterocycles. The van der Waals surface area contributed by atoms with Gasteiger partial charge in [-0.15, -0.1) is 0 Å². The van der Waals surface area contributed by atoms with Gasteiger partial charge >= 0.3 is 0 Å². The van der Waals surface area contributed by atoms with Crippen molar-refractivity contribution in [2.75, 3.05) is 10.6 Å². The van der Waals surface area contributed by atoms with Crippen molar-refractivity contribution in [2.24, 2.45) is 0 Å². The fourth-order valence-electron chi connectivity index (χ4n) is 1.95. The zero-order chi connectivity index (χ0) is 15.2. The van der Waals surface area contributed by atoms with Crippen LogP contribution in [0.4, 0.5) is 5.82 Å². The normalized spacial score (nSPS) is 12.2. The smallest absolute Gasteiger partial charge is 0.138 e. The topological polar surface area (TPSA) is 37.8 Å². The first-order chi connectivity index (χ1) is 10.1. The predicted molar refractivity (Wildman–Crippen MR) is 95.8 cm³/mol. The molecule has 2 aromatic rings. The number of aryl methyl sites for hydroxylation is 1. The molecule has 1 N–H and O–H groups in total. The van der Waals surface area contributed by atoms with Gasteiger partial charge < -0.3 is 5.32 Å². The predicted octanol–water partition coefficient (Wildman–Crippen LogP) is 4.75. The maximum absolute atomic E-state index is 6.29. The number of hydrogen-bond acceptors (Lipinski definition) is 3. The molecule has 6 heteroatoms. The Bertz CT molecular complexity index is 593. The first kappa shape index (κ1) is 16.7. The molecule has 112 valence electrons. The number of anilines is 1. The second-order valence-corrected chi connectivity index (χ2v) is 6.98. The number of aromatic nitrogens is 2. The SMILES string of the molecule is Cc1nc(Cl)c(C[C@H](Br)CBr)c(NCc2ccccc2)n1. The Kier molecular flexibility index (Phi) is 6.45. The standard InChI is InChI=1S/C15H16Br2ClN3/c1-10-20-14(18)13(7-12(17)8-16)15(21-10)19-9-11-5-3-2-4-6-11/h2-6,12H,7-9H2,1H3,(H,19,20,21)/t12-/m0/s1. The molecule has 0 aliphatic heterocycles. The van der Waals surface area contributed by atoms with E-state index in [0.717, 1.165) is 23.1 Å². The van der Waals surface area contributed by atoms with E-state index in [-0.39, 0.29) is 0 Å². The Morgan fingerprint density at radius 1 is 1.24 bits per heavy atom. The Morgan fingerprint density at radius 2 is 1.95 bits per heavy atom. The molecule has 0 radical (unpaired) electrons. The van der Waals surface area contributed by atoms with E-state index >= 15 is 0 Å². The summed E-state index contributed by atoms with van der Waals surface area (Å²) < 4.78 is 0. The van der Waals surface area contributed by atoms with E-state index < -0.39 is 0 Å². The first-order valence-corrected chi connectivity index (χ1v) is 9.02. The van der Waals surface area contributed by atoms with Crippen molar-refractivity contribution >= 4 is 49.3 Å². The van der Waals surface area contributed by atoms with Crippen molar-refractivity contribution in [1.29, 1.82) is 0 Å². The summed E-state index contributed by atoms with van der Waals surface area (Å²) in [6, 6.07) is 10.2. The van der Waals surface area contributed by atoms with Crippen molar-refractivity contribution in [2.45, 2.75) is 24.7 Å². The van der Waals surface area contributed by atoms with Crippen LogP contribution in [0, 0.1) is 6.92 Å². The summed E-state index contributed by atoms with van der Waals surface area (Å²) in [6.45, 7) is 2.56. The van der Waals surface area contributed by atoms with E-state index in [1.54, 1.807) is 0 Å². The molecule has 0 fully saturated rings. The van der Waals surface area contributed by atoms with E-state index in [4.69, 9.17) is 11.6 Å². The van der Waals surface area contributed by atoms with Crippen LogP contribution in [-0.4, -0.2) is 20.1 Å². The van der Waals surface area contributed by atoms with Crippen molar-refractivity contribution in [3.05, 3.63) is 52.4 Å². The molecule has 3 nitrogen and oxygen atoms in total. The maximum atomic E-state index is 6.29. The van der Waals surface area contributed by atoms with Crippen LogP contribution < -0.4 is 5.32 Å². The lowest BCUT2D eigenvalue weighted by atomic mass is 10.1. The molecule has 0 amide bonds. The van der Waals surface area contributed by atoms with Gasteiger partial charge in [0, 0.05) is 22.3 Å². The van der Waals surface area contributed by atoms with E-state index in [2.05, 4.69) is 59.3 Å². The van der Waals surface area contributed by atoms with Crippen LogP contribution in [0.15, 0.2) is 30.3 Å². The quantitative estimate of drug-likeness (QED) is 0.528. The molecule has 2 rings (SSSR count). The van der Waals surface area contributed by atoms with Gasteiger partial charge in [-0.1, -0.05) is 73.8 Å². The Morgan fingerprint density at radius 3 is 2.62 bits per heavy atom. The minimum atomic E-state index is 0.290. The molecule has 1 heterocycles. The lowest BCUT2D eigenvalue weighted by Crippen LogP contribution is -2.12. The highest BCUT2D eigenvalue weighted by Crippen LogP contribution is 2.25. The molecule has 0 spiro atoms. The number of hydrogen-bond donors (Lipinski definition) is 1.